The number of ketones is 1. The molecule has 0 spiro atoms. The molecule has 1 aliphatic rings. The van der Waals surface area contributed by atoms with Crippen LogP contribution < -0.4 is 19.5 Å². The van der Waals surface area contributed by atoms with Crippen molar-refractivity contribution in [2.75, 3.05) is 32.8 Å². The number of hydrogen-bond donors (Lipinski definition) is 2. The van der Waals surface area contributed by atoms with Gasteiger partial charge in [0.25, 0.3) is 0 Å². The molecule has 0 saturated carbocycles. The van der Waals surface area contributed by atoms with Gasteiger partial charge in [0.2, 0.25) is 5.88 Å². The first-order valence-corrected chi connectivity index (χ1v) is 11.9. The summed E-state index contributed by atoms with van der Waals surface area (Å²) in [6.45, 7) is 2.48. The van der Waals surface area contributed by atoms with E-state index >= 15 is 0 Å². The Morgan fingerprint density at radius 2 is 2.03 bits per heavy atom. The minimum absolute atomic E-state index is 0.0212. The molecule has 0 radical (unpaired) electrons. The van der Waals surface area contributed by atoms with Crippen LogP contribution >= 0.6 is 0 Å². The summed E-state index contributed by atoms with van der Waals surface area (Å²) in [5.41, 5.74) is 2.57. The van der Waals surface area contributed by atoms with Crippen molar-refractivity contribution in [1.29, 1.82) is 0 Å². The molecule has 4 rings (SSSR count). The van der Waals surface area contributed by atoms with E-state index in [1.807, 2.05) is 12.2 Å². The van der Waals surface area contributed by atoms with Gasteiger partial charge < -0.3 is 29.2 Å². The number of aliphatic hydroxyl groups is 1. The number of aliphatic hydroxyl groups excluding tert-OH is 1. The number of nitrogens with zero attached hydrogens (tertiary/aromatic N) is 3. The van der Waals surface area contributed by atoms with E-state index in [2.05, 4.69) is 33.4 Å². The van der Waals surface area contributed by atoms with E-state index < -0.39 is 6.04 Å². The second-order valence-electron chi connectivity index (χ2n) is 8.56. The van der Waals surface area contributed by atoms with Crippen LogP contribution in [0.2, 0.25) is 0 Å². The van der Waals surface area contributed by atoms with E-state index in [0.29, 0.717) is 59.0 Å². The molecule has 10 nitrogen and oxygen atoms in total. The fraction of sp³-hybridized carbons (Fsp3) is 0.333. The maximum Gasteiger partial charge on any atom is 0.231 e. The smallest absolute Gasteiger partial charge is 0.231 e. The Morgan fingerprint density at radius 1 is 1.19 bits per heavy atom. The number of carbonyl (C=O) groups is 1. The van der Waals surface area contributed by atoms with Crippen molar-refractivity contribution >= 4 is 17.0 Å². The van der Waals surface area contributed by atoms with Gasteiger partial charge >= 0.3 is 0 Å². The lowest BCUT2D eigenvalue weighted by Gasteiger charge is -2.20. The molecule has 37 heavy (non-hydrogen) atoms. The molecular weight excluding hydrogens is 476 g/mol. The van der Waals surface area contributed by atoms with Gasteiger partial charge in [0.15, 0.2) is 5.78 Å². The van der Waals surface area contributed by atoms with Gasteiger partial charge in [0.05, 0.1) is 44.5 Å². The molecule has 2 atom stereocenters. The summed E-state index contributed by atoms with van der Waals surface area (Å²) in [4.78, 5) is 22.6. The van der Waals surface area contributed by atoms with Crippen LogP contribution in [0, 0.1) is 5.92 Å². The van der Waals surface area contributed by atoms with E-state index in [1.54, 1.807) is 25.3 Å². The van der Waals surface area contributed by atoms with E-state index in [1.165, 1.54) is 25.8 Å². The average Bonchev–Trinajstić information content (AvgIpc) is 3.42. The molecule has 194 valence electrons. The summed E-state index contributed by atoms with van der Waals surface area (Å²) in [7, 11) is 3.04. The minimum atomic E-state index is -0.930. The second kappa shape index (κ2) is 12.2. The lowest BCUT2D eigenvalue weighted by molar-refractivity contribution is 0.0967. The molecule has 10 heteroatoms. The predicted octanol–water partition coefficient (Wildman–Crippen LogP) is 4.26. The van der Waals surface area contributed by atoms with Crippen LogP contribution in [0.4, 0.5) is 5.69 Å². The zero-order valence-electron chi connectivity index (χ0n) is 21.0. The Hall–Kier alpha value is -4.18. The van der Waals surface area contributed by atoms with Gasteiger partial charge in [-0.2, -0.15) is 0 Å². The molecule has 0 saturated heterocycles. The number of carbonyl (C=O) groups excluding carboxylic acids is 1. The van der Waals surface area contributed by atoms with Gasteiger partial charge in [-0.25, -0.2) is 4.98 Å². The minimum Gasteiger partial charge on any atom is -0.497 e. The zero-order chi connectivity index (χ0) is 26.2. The normalized spacial score (nSPS) is 15.6. The highest BCUT2D eigenvalue weighted by Gasteiger charge is 2.29. The van der Waals surface area contributed by atoms with Crippen LogP contribution in [0.3, 0.4) is 0 Å². The van der Waals surface area contributed by atoms with Gasteiger partial charge in [0.1, 0.15) is 29.5 Å². The summed E-state index contributed by atoms with van der Waals surface area (Å²) in [6, 6.07) is 4.30. The predicted molar refractivity (Wildman–Crippen MR) is 137 cm³/mol. The number of benzene rings is 1. The van der Waals surface area contributed by atoms with Crippen molar-refractivity contribution in [3.8, 4) is 17.4 Å². The molecule has 0 fully saturated rings. The molecule has 0 amide bonds. The third-order valence-corrected chi connectivity index (χ3v) is 5.84. The summed E-state index contributed by atoms with van der Waals surface area (Å²) in [5, 5.41) is 16.4. The molecular formula is C27H30N4O6. The number of rotatable bonds is 12. The van der Waals surface area contributed by atoms with Crippen LogP contribution in [0.15, 0.2) is 59.6 Å². The number of hydrogen-bond acceptors (Lipinski definition) is 10. The quantitative estimate of drug-likeness (QED) is 0.271. The first-order valence-electron chi connectivity index (χ1n) is 11.9. The Labute approximate surface area is 215 Å². The maximum absolute atomic E-state index is 13.9. The molecule has 2 unspecified atom stereocenters. The third-order valence-electron chi connectivity index (χ3n) is 5.84. The number of Topliss-reactive ketones (excluding diaryl/α,β-unsaturated/α-hetero) is 1. The van der Waals surface area contributed by atoms with Gasteiger partial charge in [-0.1, -0.05) is 30.3 Å². The van der Waals surface area contributed by atoms with Crippen LogP contribution in [0.5, 0.6) is 17.4 Å². The lowest BCUT2D eigenvalue weighted by atomic mass is 9.93. The Morgan fingerprint density at radius 3 is 2.70 bits per heavy atom. The largest absolute Gasteiger partial charge is 0.497 e. The topological polar surface area (TPSA) is 129 Å². The molecule has 3 aromatic rings. The lowest BCUT2D eigenvalue weighted by Crippen LogP contribution is -2.23. The molecule has 2 N–H and O–H groups in total. The number of ether oxygens (including phenoxy) is 3. The molecule has 1 aromatic carbocycles. The van der Waals surface area contributed by atoms with Gasteiger partial charge in [0, 0.05) is 42.5 Å². The summed E-state index contributed by atoms with van der Waals surface area (Å²) >= 11 is 0. The van der Waals surface area contributed by atoms with Crippen LogP contribution in [0.25, 0.3) is 5.57 Å². The van der Waals surface area contributed by atoms with Crippen molar-refractivity contribution in [3.63, 3.8) is 0 Å². The molecule has 0 aliphatic heterocycles. The van der Waals surface area contributed by atoms with E-state index in [9.17, 15) is 4.79 Å². The van der Waals surface area contributed by atoms with Crippen LogP contribution in [-0.2, 0) is 0 Å². The first-order chi connectivity index (χ1) is 18.0. The first kappa shape index (κ1) is 25.9. The van der Waals surface area contributed by atoms with Crippen molar-refractivity contribution in [2.24, 2.45) is 5.92 Å². The number of methoxy groups -OCH3 is 2. The summed E-state index contributed by atoms with van der Waals surface area (Å²) in [5.74, 6) is 1.51. The molecule has 1 aliphatic carbocycles. The van der Waals surface area contributed by atoms with Crippen LogP contribution in [0.1, 0.15) is 47.6 Å². The highest BCUT2D eigenvalue weighted by atomic mass is 16.5. The van der Waals surface area contributed by atoms with Gasteiger partial charge in [-0.15, -0.1) is 0 Å². The van der Waals surface area contributed by atoms with Crippen molar-refractivity contribution in [2.45, 2.75) is 25.8 Å². The van der Waals surface area contributed by atoms with Gasteiger partial charge in [-0.05, 0) is 12.3 Å². The number of aromatic nitrogens is 3. The van der Waals surface area contributed by atoms with E-state index in [0.717, 1.165) is 12.0 Å². The van der Waals surface area contributed by atoms with Crippen LogP contribution in [-0.4, -0.2) is 53.4 Å². The van der Waals surface area contributed by atoms with E-state index in [-0.39, 0.29) is 12.4 Å². The average molecular weight is 507 g/mol. The second-order valence-corrected chi connectivity index (χ2v) is 8.56. The summed E-state index contributed by atoms with van der Waals surface area (Å²) in [6.07, 6.45) is 11.7. The van der Waals surface area contributed by atoms with Gasteiger partial charge in [-0.3, -0.25) is 9.78 Å². The Kier molecular flexibility index (Phi) is 8.52. The SMILES string of the molecule is COc1cc(NC(C(=O)c2conc2C2=CCC(C)C=C2)c2cnc(OC)cn2)cc(OCCCO)c1. The zero-order valence-corrected chi connectivity index (χ0v) is 21.0. The molecule has 2 heterocycles. The van der Waals surface area contributed by atoms with E-state index in [4.69, 9.17) is 23.8 Å². The fourth-order valence-electron chi connectivity index (χ4n) is 3.81. The Bertz CT molecular complexity index is 1270. The Balaban J connectivity index is 1.69. The molecule has 2 aromatic heterocycles. The standard InChI is InChI=1S/C27H30N4O6/c1-17-5-7-18(8-6-17)25-22(16-37-31-25)27(33)26(23-14-29-24(35-3)15-28-23)30-19-11-20(34-2)13-21(12-19)36-10-4-9-32/h5,7-8,11-17,26,30,32H,4,6,9-10H2,1-3H3. The van der Waals surface area contributed by atoms with Crippen molar-refractivity contribution < 1.29 is 28.6 Å². The van der Waals surface area contributed by atoms with Crippen molar-refractivity contribution in [3.05, 3.63) is 72.0 Å². The number of allylic oxidation sites excluding steroid dienone is 4. The molecule has 0 bridgehead atoms. The highest BCUT2D eigenvalue weighted by molar-refractivity contribution is 6.05. The highest BCUT2D eigenvalue weighted by Crippen LogP contribution is 2.32. The maximum atomic E-state index is 13.9. The summed E-state index contributed by atoms with van der Waals surface area (Å²) < 4.78 is 21.5. The number of nitrogens with one attached hydrogen (secondary N) is 1. The monoisotopic (exact) mass is 506 g/mol. The third kappa shape index (κ3) is 6.34. The fourth-order valence-corrected chi connectivity index (χ4v) is 3.81. The van der Waals surface area contributed by atoms with Crippen molar-refractivity contribution in [1.82, 2.24) is 15.1 Å². The number of anilines is 1.